The predicted molar refractivity (Wildman–Crippen MR) is 47.6 cm³/mol. The van der Waals surface area contributed by atoms with Crippen molar-refractivity contribution in [2.24, 2.45) is 0 Å². The van der Waals surface area contributed by atoms with Crippen LogP contribution in [0.1, 0.15) is 12.0 Å². The molecule has 0 atom stereocenters. The Hall–Kier alpha value is -1.23. The lowest BCUT2D eigenvalue weighted by Crippen LogP contribution is -2.18. The Labute approximate surface area is 85.2 Å². The van der Waals surface area contributed by atoms with E-state index in [4.69, 9.17) is 5.11 Å². The number of rotatable bonds is 3. The van der Waals surface area contributed by atoms with Crippen LogP contribution in [0.5, 0.6) is 0 Å². The topological polar surface area (TPSA) is 50.2 Å². The van der Waals surface area contributed by atoms with Crippen molar-refractivity contribution in [2.45, 2.75) is 12.3 Å². The van der Waals surface area contributed by atoms with Crippen LogP contribution >= 0.6 is 12.4 Å². The first kappa shape index (κ1) is 12.8. The van der Waals surface area contributed by atoms with E-state index in [9.17, 15) is 13.6 Å². The van der Waals surface area contributed by atoms with Crippen molar-refractivity contribution in [3.63, 3.8) is 0 Å². The molecule has 0 radical (unpaired) electrons. The molecule has 0 amide bonds. The van der Waals surface area contributed by atoms with Crippen LogP contribution in [0.4, 0.5) is 8.78 Å². The molecule has 0 aliphatic carbocycles. The number of hydrogen-bond acceptors (Lipinski definition) is 2. The second-order valence-corrected chi connectivity index (χ2v) is 2.52. The highest BCUT2D eigenvalue weighted by atomic mass is 35.5. The minimum Gasteiger partial charge on any atom is -0.481 e. The second-order valence-electron chi connectivity index (χ2n) is 2.52. The van der Waals surface area contributed by atoms with Crippen molar-refractivity contribution in [1.29, 1.82) is 0 Å². The third kappa shape index (κ3) is 3.26. The number of halogens is 3. The van der Waals surface area contributed by atoms with Gasteiger partial charge in [-0.15, -0.1) is 12.4 Å². The summed E-state index contributed by atoms with van der Waals surface area (Å²) in [6, 6.07) is 2.49. The molecule has 1 N–H and O–H groups in total. The molecule has 0 saturated heterocycles. The number of carboxylic acid groups (broad SMARTS) is 1. The van der Waals surface area contributed by atoms with Crippen LogP contribution in [0.2, 0.25) is 0 Å². The van der Waals surface area contributed by atoms with Gasteiger partial charge in [-0.1, -0.05) is 0 Å². The molecule has 0 fully saturated rings. The van der Waals surface area contributed by atoms with Crippen LogP contribution in [-0.2, 0) is 10.7 Å². The van der Waals surface area contributed by atoms with Crippen LogP contribution in [0.3, 0.4) is 0 Å². The molecule has 0 aliphatic rings. The summed E-state index contributed by atoms with van der Waals surface area (Å²) in [4.78, 5) is 13.6. The van der Waals surface area contributed by atoms with Gasteiger partial charge in [0.15, 0.2) is 0 Å². The van der Waals surface area contributed by atoms with E-state index in [0.29, 0.717) is 0 Å². The predicted octanol–water partition coefficient (Wildman–Crippen LogP) is 2.07. The lowest BCUT2D eigenvalue weighted by molar-refractivity contribution is -0.145. The summed E-state index contributed by atoms with van der Waals surface area (Å²) in [7, 11) is 0. The van der Waals surface area contributed by atoms with Crippen LogP contribution in [0.15, 0.2) is 24.5 Å². The van der Waals surface area contributed by atoms with Gasteiger partial charge in [-0.3, -0.25) is 9.78 Å². The maximum atomic E-state index is 13.0. The molecule has 1 aromatic heterocycles. The van der Waals surface area contributed by atoms with E-state index in [-0.39, 0.29) is 18.0 Å². The van der Waals surface area contributed by atoms with Crippen LogP contribution in [0.25, 0.3) is 0 Å². The minimum absolute atomic E-state index is 0. The quantitative estimate of drug-likeness (QED) is 0.854. The summed E-state index contributed by atoms with van der Waals surface area (Å²) < 4.78 is 26.0. The molecule has 1 heterocycles. The molecule has 0 unspecified atom stereocenters. The van der Waals surface area contributed by atoms with Gasteiger partial charge in [0.05, 0.1) is 0 Å². The SMILES string of the molecule is Cl.O=C(O)CC(F)(F)c1cccnc1. The molecule has 14 heavy (non-hydrogen) atoms. The van der Waals surface area contributed by atoms with Gasteiger partial charge in [0.1, 0.15) is 6.42 Å². The fraction of sp³-hybridized carbons (Fsp3) is 0.250. The lowest BCUT2D eigenvalue weighted by Gasteiger charge is -2.12. The first-order valence-corrected chi connectivity index (χ1v) is 3.52. The molecule has 6 heteroatoms. The Kier molecular flexibility index (Phi) is 4.43. The Bertz CT molecular complexity index is 305. The summed E-state index contributed by atoms with van der Waals surface area (Å²) in [6.45, 7) is 0. The van der Waals surface area contributed by atoms with Crippen LogP contribution in [-0.4, -0.2) is 16.1 Å². The molecular weight excluding hydrogens is 216 g/mol. The standard InChI is InChI=1S/C8H7F2NO2.ClH/c9-8(10,4-7(12)13)6-2-1-3-11-5-6;/h1-3,5H,4H2,(H,12,13);1H. The highest BCUT2D eigenvalue weighted by molar-refractivity contribution is 5.85. The van der Waals surface area contributed by atoms with E-state index in [1.54, 1.807) is 0 Å². The van der Waals surface area contributed by atoms with Crippen LogP contribution in [0, 0.1) is 0 Å². The summed E-state index contributed by atoms with van der Waals surface area (Å²) in [5, 5.41) is 8.21. The van der Waals surface area contributed by atoms with E-state index in [1.165, 1.54) is 12.3 Å². The monoisotopic (exact) mass is 223 g/mol. The molecule has 0 aliphatic heterocycles. The van der Waals surface area contributed by atoms with Gasteiger partial charge in [0, 0.05) is 18.0 Å². The summed E-state index contributed by atoms with van der Waals surface area (Å²) in [6.07, 6.45) is 1.10. The van der Waals surface area contributed by atoms with Gasteiger partial charge in [-0.25, -0.2) is 8.78 Å². The Balaban J connectivity index is 0.00000169. The number of carboxylic acids is 1. The van der Waals surface area contributed by atoms with Gasteiger partial charge in [-0.2, -0.15) is 0 Å². The molecule has 0 bridgehead atoms. The number of alkyl halides is 2. The smallest absolute Gasteiger partial charge is 0.309 e. The first-order valence-electron chi connectivity index (χ1n) is 3.52. The van der Waals surface area contributed by atoms with Gasteiger partial charge >= 0.3 is 5.97 Å². The van der Waals surface area contributed by atoms with Gasteiger partial charge in [-0.05, 0) is 12.1 Å². The molecule has 78 valence electrons. The maximum absolute atomic E-state index is 13.0. The van der Waals surface area contributed by atoms with Crippen molar-refractivity contribution in [2.75, 3.05) is 0 Å². The third-order valence-corrected chi connectivity index (χ3v) is 1.46. The average Bonchev–Trinajstić information content (AvgIpc) is 2.04. The molecule has 0 aromatic carbocycles. The Morgan fingerprint density at radius 3 is 2.64 bits per heavy atom. The first-order chi connectivity index (χ1) is 6.02. The second kappa shape index (κ2) is 4.85. The van der Waals surface area contributed by atoms with Crippen molar-refractivity contribution in [1.82, 2.24) is 4.98 Å². The summed E-state index contributed by atoms with van der Waals surface area (Å²) in [5.74, 6) is -4.88. The zero-order chi connectivity index (χ0) is 9.90. The fourth-order valence-corrected chi connectivity index (χ4v) is 0.871. The number of aliphatic carboxylic acids is 1. The van der Waals surface area contributed by atoms with Crippen molar-refractivity contribution in [3.8, 4) is 0 Å². The molecule has 3 nitrogen and oxygen atoms in total. The van der Waals surface area contributed by atoms with E-state index in [1.807, 2.05) is 0 Å². The Morgan fingerprint density at radius 2 is 2.21 bits per heavy atom. The summed E-state index contributed by atoms with van der Waals surface area (Å²) in [5.41, 5.74) is -0.377. The highest BCUT2D eigenvalue weighted by Crippen LogP contribution is 2.30. The zero-order valence-electron chi connectivity index (χ0n) is 6.98. The van der Waals surface area contributed by atoms with Crippen LogP contribution < -0.4 is 0 Å². The zero-order valence-corrected chi connectivity index (χ0v) is 7.80. The van der Waals surface area contributed by atoms with Gasteiger partial charge < -0.3 is 5.11 Å². The number of aromatic nitrogens is 1. The van der Waals surface area contributed by atoms with E-state index < -0.39 is 18.3 Å². The molecule has 0 saturated carbocycles. The molecule has 0 spiro atoms. The minimum atomic E-state index is -3.35. The number of hydrogen-bond donors (Lipinski definition) is 1. The number of pyridine rings is 1. The molecule has 1 rings (SSSR count). The maximum Gasteiger partial charge on any atom is 0.309 e. The normalized spacial score (nSPS) is 10.4. The van der Waals surface area contributed by atoms with Crippen molar-refractivity contribution in [3.05, 3.63) is 30.1 Å². The van der Waals surface area contributed by atoms with E-state index in [2.05, 4.69) is 4.98 Å². The number of carbonyl (C=O) groups is 1. The van der Waals surface area contributed by atoms with Crippen molar-refractivity contribution >= 4 is 18.4 Å². The largest absolute Gasteiger partial charge is 0.481 e. The highest BCUT2D eigenvalue weighted by Gasteiger charge is 2.34. The summed E-state index contributed by atoms with van der Waals surface area (Å²) >= 11 is 0. The fourth-order valence-electron chi connectivity index (χ4n) is 0.871. The van der Waals surface area contributed by atoms with E-state index in [0.717, 1.165) is 12.3 Å². The number of nitrogens with zero attached hydrogens (tertiary/aromatic N) is 1. The lowest BCUT2D eigenvalue weighted by atomic mass is 10.1. The van der Waals surface area contributed by atoms with Gasteiger partial charge in [0.2, 0.25) is 0 Å². The molecular formula is C8H8ClF2NO2. The Morgan fingerprint density at radius 1 is 1.57 bits per heavy atom. The van der Waals surface area contributed by atoms with E-state index >= 15 is 0 Å². The average molecular weight is 224 g/mol. The molecule has 1 aromatic rings. The van der Waals surface area contributed by atoms with Gasteiger partial charge in [0.25, 0.3) is 5.92 Å². The third-order valence-electron chi connectivity index (χ3n) is 1.46. The van der Waals surface area contributed by atoms with Crippen molar-refractivity contribution < 1.29 is 18.7 Å².